The van der Waals surface area contributed by atoms with Gasteiger partial charge < -0.3 is 16.0 Å². The third-order valence-electron chi connectivity index (χ3n) is 3.01. The lowest BCUT2D eigenvalue weighted by Crippen LogP contribution is -2.55. The highest BCUT2D eigenvalue weighted by Gasteiger charge is 2.30. The highest BCUT2D eigenvalue weighted by Crippen LogP contribution is 2.21. The molecule has 1 aromatic rings. The Labute approximate surface area is 113 Å². The second-order valence-electron chi connectivity index (χ2n) is 4.20. The first-order chi connectivity index (χ1) is 8.50. The molecule has 1 unspecified atom stereocenters. The number of benzene rings is 1. The predicted molar refractivity (Wildman–Crippen MR) is 72.1 cm³/mol. The summed E-state index contributed by atoms with van der Waals surface area (Å²) >= 11 is 3.31. The molecule has 1 atom stereocenters. The lowest BCUT2D eigenvalue weighted by atomic mass is 10.1. The van der Waals surface area contributed by atoms with Crippen LogP contribution in [0.3, 0.4) is 0 Å². The van der Waals surface area contributed by atoms with Gasteiger partial charge in [0.1, 0.15) is 6.04 Å². The number of halogens is 1. The van der Waals surface area contributed by atoms with Gasteiger partial charge in [0.25, 0.3) is 5.91 Å². The summed E-state index contributed by atoms with van der Waals surface area (Å²) in [7, 11) is 0. The Hall–Kier alpha value is -1.56. The van der Waals surface area contributed by atoms with E-state index in [9.17, 15) is 9.59 Å². The minimum atomic E-state index is -0.468. The molecular weight excluding hydrogens is 298 g/mol. The molecule has 18 heavy (non-hydrogen) atoms. The Kier molecular flexibility index (Phi) is 3.56. The van der Waals surface area contributed by atoms with Gasteiger partial charge in [0.15, 0.2) is 0 Å². The Morgan fingerprint density at radius 3 is 3.00 bits per heavy atom. The average molecular weight is 312 g/mol. The van der Waals surface area contributed by atoms with Crippen molar-refractivity contribution in [3.05, 3.63) is 28.2 Å². The Balaban J connectivity index is 2.30. The number of nitrogens with two attached hydrogens (primary N) is 1. The van der Waals surface area contributed by atoms with Crippen LogP contribution in [0, 0.1) is 0 Å². The molecule has 1 fully saturated rings. The Morgan fingerprint density at radius 1 is 1.56 bits per heavy atom. The maximum Gasteiger partial charge on any atom is 0.256 e. The normalized spacial score (nSPS) is 19.6. The van der Waals surface area contributed by atoms with Gasteiger partial charge in [-0.1, -0.05) is 15.9 Å². The molecule has 0 aromatic heterocycles. The molecule has 1 aliphatic rings. The molecule has 0 spiro atoms. The monoisotopic (exact) mass is 311 g/mol. The van der Waals surface area contributed by atoms with Crippen molar-refractivity contribution < 1.29 is 9.59 Å². The van der Waals surface area contributed by atoms with Gasteiger partial charge in [-0.25, -0.2) is 0 Å². The third kappa shape index (κ3) is 2.33. The summed E-state index contributed by atoms with van der Waals surface area (Å²) in [4.78, 5) is 25.5. The summed E-state index contributed by atoms with van der Waals surface area (Å²) < 4.78 is 0.786. The number of nitrogen functional groups attached to an aromatic ring is 1. The van der Waals surface area contributed by atoms with Crippen molar-refractivity contribution >= 4 is 33.4 Å². The van der Waals surface area contributed by atoms with Gasteiger partial charge in [-0.2, -0.15) is 0 Å². The molecule has 96 valence electrons. The number of piperazine rings is 1. The predicted octanol–water partition coefficient (Wildman–Crippen LogP) is 0.992. The second kappa shape index (κ2) is 4.97. The Bertz CT molecular complexity index is 504. The zero-order valence-electron chi connectivity index (χ0n) is 9.94. The fraction of sp³-hybridized carbons (Fsp3) is 0.333. The van der Waals surface area contributed by atoms with Crippen LogP contribution in [-0.4, -0.2) is 35.8 Å². The number of anilines is 1. The minimum absolute atomic E-state index is 0.136. The lowest BCUT2D eigenvalue weighted by Gasteiger charge is -2.33. The zero-order valence-corrected chi connectivity index (χ0v) is 11.5. The van der Waals surface area contributed by atoms with Crippen molar-refractivity contribution in [1.29, 1.82) is 0 Å². The van der Waals surface area contributed by atoms with E-state index in [1.54, 1.807) is 25.1 Å². The third-order valence-corrected chi connectivity index (χ3v) is 3.50. The van der Waals surface area contributed by atoms with Crippen LogP contribution in [0.2, 0.25) is 0 Å². The molecule has 1 saturated heterocycles. The summed E-state index contributed by atoms with van der Waals surface area (Å²) in [5.74, 6) is -0.348. The molecule has 0 saturated carbocycles. The number of nitrogens with one attached hydrogen (secondary N) is 1. The first-order valence-electron chi connectivity index (χ1n) is 5.64. The van der Waals surface area contributed by atoms with Crippen LogP contribution in [0.5, 0.6) is 0 Å². The molecule has 3 N–H and O–H groups in total. The van der Waals surface area contributed by atoms with Crippen molar-refractivity contribution in [3.8, 4) is 0 Å². The number of hydrogen-bond acceptors (Lipinski definition) is 3. The van der Waals surface area contributed by atoms with E-state index in [4.69, 9.17) is 5.73 Å². The van der Waals surface area contributed by atoms with E-state index in [0.717, 1.165) is 4.47 Å². The fourth-order valence-electron chi connectivity index (χ4n) is 1.93. The zero-order chi connectivity index (χ0) is 13.3. The van der Waals surface area contributed by atoms with Crippen molar-refractivity contribution in [1.82, 2.24) is 10.2 Å². The quantitative estimate of drug-likeness (QED) is 0.760. The first-order valence-corrected chi connectivity index (χ1v) is 6.43. The summed E-state index contributed by atoms with van der Waals surface area (Å²) in [5, 5.41) is 2.72. The van der Waals surface area contributed by atoms with E-state index >= 15 is 0 Å². The molecule has 1 aromatic carbocycles. The van der Waals surface area contributed by atoms with Crippen molar-refractivity contribution in [3.63, 3.8) is 0 Å². The number of carbonyl (C=O) groups excluding carboxylic acids is 2. The molecule has 0 aliphatic carbocycles. The van der Waals surface area contributed by atoms with Crippen molar-refractivity contribution in [2.24, 2.45) is 0 Å². The smallest absolute Gasteiger partial charge is 0.256 e. The van der Waals surface area contributed by atoms with Gasteiger partial charge in [-0.05, 0) is 25.1 Å². The van der Waals surface area contributed by atoms with Gasteiger partial charge in [0, 0.05) is 23.2 Å². The maximum atomic E-state index is 12.4. The standard InChI is InChI=1S/C12H14BrN3O2/c1-7-11(17)15-4-5-16(7)12(18)9-6-8(13)2-3-10(9)14/h2-3,6-7H,4-5,14H2,1H3,(H,15,17). The van der Waals surface area contributed by atoms with Crippen LogP contribution in [0.1, 0.15) is 17.3 Å². The van der Waals surface area contributed by atoms with Crippen molar-refractivity contribution in [2.45, 2.75) is 13.0 Å². The molecule has 1 heterocycles. The molecule has 6 heteroatoms. The van der Waals surface area contributed by atoms with Crippen LogP contribution >= 0.6 is 15.9 Å². The lowest BCUT2D eigenvalue weighted by molar-refractivity contribution is -0.127. The summed E-state index contributed by atoms with van der Waals surface area (Å²) in [5.41, 5.74) is 6.65. The fourth-order valence-corrected chi connectivity index (χ4v) is 2.29. The largest absolute Gasteiger partial charge is 0.398 e. The summed E-state index contributed by atoms with van der Waals surface area (Å²) in [6.45, 7) is 2.68. The SMILES string of the molecule is CC1C(=O)NCCN1C(=O)c1cc(Br)ccc1N. The number of carbonyl (C=O) groups is 2. The van der Waals surface area contributed by atoms with Gasteiger partial charge >= 0.3 is 0 Å². The van der Waals surface area contributed by atoms with Crippen molar-refractivity contribution in [2.75, 3.05) is 18.8 Å². The number of nitrogens with zero attached hydrogens (tertiary/aromatic N) is 1. The van der Waals surface area contributed by atoms with Gasteiger partial charge in [0.2, 0.25) is 5.91 Å². The minimum Gasteiger partial charge on any atom is -0.398 e. The van der Waals surface area contributed by atoms with E-state index in [0.29, 0.717) is 24.3 Å². The number of rotatable bonds is 1. The van der Waals surface area contributed by atoms with Gasteiger partial charge in [-0.3, -0.25) is 9.59 Å². The van der Waals surface area contributed by atoms with Crippen LogP contribution in [0.4, 0.5) is 5.69 Å². The number of hydrogen-bond donors (Lipinski definition) is 2. The molecule has 0 radical (unpaired) electrons. The molecular formula is C12H14BrN3O2. The summed E-state index contributed by atoms with van der Waals surface area (Å²) in [6, 6.07) is 4.66. The van der Waals surface area contributed by atoms with E-state index < -0.39 is 6.04 Å². The summed E-state index contributed by atoms with van der Waals surface area (Å²) in [6.07, 6.45) is 0. The highest BCUT2D eigenvalue weighted by molar-refractivity contribution is 9.10. The van der Waals surface area contributed by atoms with E-state index in [2.05, 4.69) is 21.2 Å². The highest BCUT2D eigenvalue weighted by atomic mass is 79.9. The Morgan fingerprint density at radius 2 is 2.28 bits per heavy atom. The first kappa shape index (κ1) is 12.9. The van der Waals surface area contributed by atoms with Gasteiger partial charge in [0.05, 0.1) is 5.56 Å². The van der Waals surface area contributed by atoms with E-state index in [1.807, 2.05) is 0 Å². The molecule has 0 bridgehead atoms. The van der Waals surface area contributed by atoms with Crippen LogP contribution in [-0.2, 0) is 4.79 Å². The second-order valence-corrected chi connectivity index (χ2v) is 5.11. The topological polar surface area (TPSA) is 75.4 Å². The average Bonchev–Trinajstić information content (AvgIpc) is 2.35. The molecule has 1 aliphatic heterocycles. The van der Waals surface area contributed by atoms with Crippen LogP contribution in [0.25, 0.3) is 0 Å². The molecule has 2 rings (SSSR count). The molecule has 5 nitrogen and oxygen atoms in total. The number of amides is 2. The van der Waals surface area contributed by atoms with Crippen LogP contribution < -0.4 is 11.1 Å². The molecule has 2 amide bonds. The van der Waals surface area contributed by atoms with Crippen LogP contribution in [0.15, 0.2) is 22.7 Å². The maximum absolute atomic E-state index is 12.4. The van der Waals surface area contributed by atoms with E-state index in [-0.39, 0.29) is 11.8 Å². The van der Waals surface area contributed by atoms with E-state index in [1.165, 1.54) is 4.90 Å². The van der Waals surface area contributed by atoms with Gasteiger partial charge in [-0.15, -0.1) is 0 Å².